The van der Waals surface area contributed by atoms with Crippen LogP contribution in [-0.2, 0) is 6.42 Å². The van der Waals surface area contributed by atoms with E-state index in [1.54, 1.807) is 6.20 Å². The molecule has 0 spiro atoms. The lowest BCUT2D eigenvalue weighted by molar-refractivity contribution is 0.0697. The second-order valence-corrected chi connectivity index (χ2v) is 2.84. The summed E-state index contributed by atoms with van der Waals surface area (Å²) in [5, 5.41) is 8.78. The Morgan fingerprint density at radius 1 is 1.58 bits per heavy atom. The van der Waals surface area contributed by atoms with E-state index < -0.39 is 5.97 Å². The van der Waals surface area contributed by atoms with Gasteiger partial charge in [-0.05, 0) is 12.8 Å². The van der Waals surface area contributed by atoms with Crippen LogP contribution in [0.25, 0.3) is 6.08 Å². The van der Waals surface area contributed by atoms with Crippen LogP contribution in [0.2, 0.25) is 0 Å². The molecule has 1 aromatic rings. The van der Waals surface area contributed by atoms with Gasteiger partial charge in [0.15, 0.2) is 0 Å². The van der Waals surface area contributed by atoms with Crippen LogP contribution in [0, 0.1) is 0 Å². The third-order valence-electron chi connectivity index (χ3n) is 2.08. The lowest BCUT2D eigenvalue weighted by Crippen LogP contribution is -1.99. The first-order valence-electron chi connectivity index (χ1n) is 3.89. The number of rotatable bonds is 1. The van der Waals surface area contributed by atoms with E-state index in [1.807, 2.05) is 12.2 Å². The number of aromatic amines is 1. The first-order valence-corrected chi connectivity index (χ1v) is 3.89. The van der Waals surface area contributed by atoms with Crippen LogP contribution in [-0.4, -0.2) is 16.1 Å². The van der Waals surface area contributed by atoms with Crippen molar-refractivity contribution in [2.75, 3.05) is 0 Å². The number of H-pyrrole nitrogens is 1. The number of carboxylic acids is 1. The fraction of sp³-hybridized carbons (Fsp3) is 0.222. The molecule has 2 rings (SSSR count). The first-order chi connectivity index (χ1) is 5.79. The summed E-state index contributed by atoms with van der Waals surface area (Å²) >= 11 is 0. The Labute approximate surface area is 69.7 Å². The standard InChI is InChI=1S/C9H9NO2/c11-9(12)7-5-10-8-4-2-1-3-6(7)8/h1,3,5,10H,2,4H2,(H,11,12). The Bertz CT molecular complexity index is 349. The highest BCUT2D eigenvalue weighted by Gasteiger charge is 2.15. The van der Waals surface area contributed by atoms with Gasteiger partial charge in [-0.25, -0.2) is 4.79 Å². The van der Waals surface area contributed by atoms with Gasteiger partial charge in [-0.3, -0.25) is 0 Å². The topological polar surface area (TPSA) is 53.1 Å². The summed E-state index contributed by atoms with van der Waals surface area (Å²) in [6, 6.07) is 0. The van der Waals surface area contributed by atoms with E-state index in [1.165, 1.54) is 0 Å². The summed E-state index contributed by atoms with van der Waals surface area (Å²) in [5.41, 5.74) is 2.25. The monoisotopic (exact) mass is 163 g/mol. The van der Waals surface area contributed by atoms with Crippen LogP contribution in [0.5, 0.6) is 0 Å². The number of carbonyl (C=O) groups is 1. The molecule has 0 fully saturated rings. The van der Waals surface area contributed by atoms with Crippen molar-refractivity contribution >= 4 is 12.0 Å². The predicted molar refractivity (Wildman–Crippen MR) is 45.1 cm³/mol. The molecule has 1 aromatic heterocycles. The Hall–Kier alpha value is -1.51. The molecule has 0 bridgehead atoms. The molecule has 0 amide bonds. The van der Waals surface area contributed by atoms with Crippen LogP contribution in [0.4, 0.5) is 0 Å². The molecule has 0 saturated heterocycles. The lowest BCUT2D eigenvalue weighted by Gasteiger charge is -2.04. The number of aryl methyl sites for hydroxylation is 1. The third kappa shape index (κ3) is 0.942. The van der Waals surface area contributed by atoms with Gasteiger partial charge in [-0.1, -0.05) is 12.2 Å². The maximum Gasteiger partial charge on any atom is 0.337 e. The molecule has 0 aliphatic heterocycles. The summed E-state index contributed by atoms with van der Waals surface area (Å²) in [7, 11) is 0. The van der Waals surface area contributed by atoms with Crippen molar-refractivity contribution < 1.29 is 9.90 Å². The summed E-state index contributed by atoms with van der Waals surface area (Å²) in [6.45, 7) is 0. The largest absolute Gasteiger partial charge is 0.478 e. The maximum absolute atomic E-state index is 10.7. The number of hydrogen-bond donors (Lipinski definition) is 2. The summed E-state index contributed by atoms with van der Waals surface area (Å²) in [5.74, 6) is -0.862. The number of allylic oxidation sites excluding steroid dienone is 1. The van der Waals surface area contributed by atoms with Gasteiger partial charge >= 0.3 is 5.97 Å². The van der Waals surface area contributed by atoms with Crippen LogP contribution in [0.3, 0.4) is 0 Å². The van der Waals surface area contributed by atoms with Crippen molar-refractivity contribution in [1.82, 2.24) is 4.98 Å². The molecule has 1 aliphatic rings. The minimum atomic E-state index is -0.862. The number of hydrogen-bond acceptors (Lipinski definition) is 1. The average molecular weight is 163 g/mol. The smallest absolute Gasteiger partial charge is 0.337 e. The van der Waals surface area contributed by atoms with E-state index in [0.717, 1.165) is 24.1 Å². The van der Waals surface area contributed by atoms with Crippen LogP contribution in [0.15, 0.2) is 12.3 Å². The van der Waals surface area contributed by atoms with Gasteiger partial charge in [0.25, 0.3) is 0 Å². The van der Waals surface area contributed by atoms with Crippen molar-refractivity contribution in [2.24, 2.45) is 0 Å². The predicted octanol–water partition coefficient (Wildman–Crippen LogP) is 1.67. The SMILES string of the molecule is O=C(O)c1c[nH]c2c1C=CCC2. The number of aromatic nitrogens is 1. The highest BCUT2D eigenvalue weighted by Crippen LogP contribution is 2.21. The molecule has 2 N–H and O–H groups in total. The summed E-state index contributed by atoms with van der Waals surface area (Å²) in [4.78, 5) is 13.7. The molecule has 1 heterocycles. The second kappa shape index (κ2) is 2.52. The van der Waals surface area contributed by atoms with Gasteiger partial charge in [-0.2, -0.15) is 0 Å². The van der Waals surface area contributed by atoms with Crippen molar-refractivity contribution in [3.05, 3.63) is 29.1 Å². The van der Waals surface area contributed by atoms with E-state index in [4.69, 9.17) is 5.11 Å². The van der Waals surface area contributed by atoms with E-state index in [0.29, 0.717) is 5.56 Å². The van der Waals surface area contributed by atoms with Crippen molar-refractivity contribution in [2.45, 2.75) is 12.8 Å². The van der Waals surface area contributed by atoms with Gasteiger partial charge in [0.1, 0.15) is 0 Å². The summed E-state index contributed by atoms with van der Waals surface area (Å²) in [6.07, 6.45) is 7.34. The zero-order chi connectivity index (χ0) is 8.55. The van der Waals surface area contributed by atoms with Gasteiger partial charge in [0.05, 0.1) is 5.56 Å². The van der Waals surface area contributed by atoms with Crippen LogP contribution >= 0.6 is 0 Å². The maximum atomic E-state index is 10.7. The van der Waals surface area contributed by atoms with Gasteiger partial charge in [-0.15, -0.1) is 0 Å². The molecular weight excluding hydrogens is 154 g/mol. The number of aromatic carboxylic acids is 1. The Morgan fingerprint density at radius 2 is 2.42 bits per heavy atom. The molecule has 0 atom stereocenters. The Balaban J connectivity index is 2.54. The lowest BCUT2D eigenvalue weighted by atomic mass is 10.0. The van der Waals surface area contributed by atoms with Gasteiger partial charge in [0.2, 0.25) is 0 Å². The summed E-state index contributed by atoms with van der Waals surface area (Å²) < 4.78 is 0. The molecule has 0 aromatic carbocycles. The third-order valence-corrected chi connectivity index (χ3v) is 2.08. The molecule has 1 aliphatic carbocycles. The molecule has 0 radical (unpaired) electrons. The molecule has 0 saturated carbocycles. The van der Waals surface area contributed by atoms with Crippen molar-refractivity contribution in [3.8, 4) is 0 Å². The highest BCUT2D eigenvalue weighted by molar-refractivity contribution is 5.92. The number of carboxylic acid groups (broad SMARTS) is 1. The van der Waals surface area contributed by atoms with Crippen molar-refractivity contribution in [1.29, 1.82) is 0 Å². The van der Waals surface area contributed by atoms with E-state index >= 15 is 0 Å². The fourth-order valence-electron chi connectivity index (χ4n) is 1.48. The van der Waals surface area contributed by atoms with Crippen molar-refractivity contribution in [3.63, 3.8) is 0 Å². The first kappa shape index (κ1) is 7.16. The fourth-order valence-corrected chi connectivity index (χ4v) is 1.48. The van der Waals surface area contributed by atoms with Crippen LogP contribution < -0.4 is 0 Å². The zero-order valence-electron chi connectivity index (χ0n) is 6.50. The normalized spacial score (nSPS) is 14.3. The van der Waals surface area contributed by atoms with Gasteiger partial charge in [0, 0.05) is 17.5 Å². The molecule has 0 unspecified atom stereocenters. The highest BCUT2D eigenvalue weighted by atomic mass is 16.4. The molecule has 3 heteroatoms. The number of fused-ring (bicyclic) bond motifs is 1. The molecule has 12 heavy (non-hydrogen) atoms. The molecule has 3 nitrogen and oxygen atoms in total. The minimum Gasteiger partial charge on any atom is -0.478 e. The second-order valence-electron chi connectivity index (χ2n) is 2.84. The average Bonchev–Trinajstić information content (AvgIpc) is 2.47. The van der Waals surface area contributed by atoms with Crippen LogP contribution in [0.1, 0.15) is 28.0 Å². The molecular formula is C9H9NO2. The van der Waals surface area contributed by atoms with E-state index in [2.05, 4.69) is 4.98 Å². The van der Waals surface area contributed by atoms with E-state index in [-0.39, 0.29) is 0 Å². The Morgan fingerprint density at radius 3 is 3.17 bits per heavy atom. The zero-order valence-corrected chi connectivity index (χ0v) is 6.50. The Kier molecular flexibility index (Phi) is 1.50. The van der Waals surface area contributed by atoms with E-state index in [9.17, 15) is 4.79 Å². The minimum absolute atomic E-state index is 0.376. The quantitative estimate of drug-likeness (QED) is 0.661. The number of nitrogens with one attached hydrogen (secondary N) is 1. The van der Waals surface area contributed by atoms with Gasteiger partial charge < -0.3 is 10.1 Å². The molecule has 62 valence electrons.